The van der Waals surface area contributed by atoms with Crippen molar-refractivity contribution in [2.24, 2.45) is 0 Å². The summed E-state index contributed by atoms with van der Waals surface area (Å²) in [4.78, 5) is 26.2. The molecule has 2 aromatic heterocycles. The number of anilines is 2. The number of aryl methyl sites for hydroxylation is 2. The number of nitrogens with zero attached hydrogens (tertiary/aromatic N) is 3. The summed E-state index contributed by atoms with van der Waals surface area (Å²) >= 11 is 3.27. The Kier molecular flexibility index (Phi) is 5.39. The Labute approximate surface area is 177 Å². The first-order valence-electron chi connectivity index (χ1n) is 9.88. The Morgan fingerprint density at radius 3 is 2.83 bits per heavy atom. The second-order valence-corrected chi connectivity index (χ2v) is 9.25. The minimum Gasteiger partial charge on any atom is -0.378 e. The van der Waals surface area contributed by atoms with E-state index in [1.54, 1.807) is 17.7 Å². The molecule has 0 spiro atoms. The quantitative estimate of drug-likeness (QED) is 0.495. The maximum absolute atomic E-state index is 12.5. The van der Waals surface area contributed by atoms with Crippen LogP contribution in [0, 0.1) is 0 Å². The van der Waals surface area contributed by atoms with E-state index in [9.17, 15) is 4.79 Å². The minimum atomic E-state index is -0.0206. The Morgan fingerprint density at radius 2 is 2.00 bits per heavy atom. The summed E-state index contributed by atoms with van der Waals surface area (Å²) in [5.41, 5.74) is 3.37. The third kappa shape index (κ3) is 3.97. The second-order valence-electron chi connectivity index (χ2n) is 7.20. The van der Waals surface area contributed by atoms with Crippen molar-refractivity contribution in [3.05, 3.63) is 41.0 Å². The van der Waals surface area contributed by atoms with Crippen molar-refractivity contribution in [1.82, 2.24) is 9.97 Å². The van der Waals surface area contributed by atoms with Crippen LogP contribution in [0.3, 0.4) is 0 Å². The van der Waals surface area contributed by atoms with Crippen LogP contribution in [0.15, 0.2) is 35.6 Å². The van der Waals surface area contributed by atoms with Crippen molar-refractivity contribution in [3.8, 4) is 0 Å². The number of fused-ring (bicyclic) bond motifs is 3. The van der Waals surface area contributed by atoms with Gasteiger partial charge in [-0.3, -0.25) is 4.79 Å². The Bertz CT molecular complexity index is 1030. The number of carbonyl (C=O) groups excluding carboxylic acids is 1. The molecule has 2 aliphatic rings. The van der Waals surface area contributed by atoms with Gasteiger partial charge in [-0.15, -0.1) is 11.3 Å². The highest BCUT2D eigenvalue weighted by Crippen LogP contribution is 2.40. The number of carbonyl (C=O) groups is 1. The molecule has 1 amide bonds. The molecule has 0 atom stereocenters. The zero-order valence-corrected chi connectivity index (χ0v) is 17.7. The number of benzene rings is 1. The number of ether oxygens (including phenoxy) is 1. The topological polar surface area (TPSA) is 67.4 Å². The van der Waals surface area contributed by atoms with Gasteiger partial charge in [-0.05, 0) is 49.1 Å². The molecule has 3 aromatic rings. The lowest BCUT2D eigenvalue weighted by Crippen LogP contribution is -2.36. The van der Waals surface area contributed by atoms with E-state index >= 15 is 0 Å². The summed E-state index contributed by atoms with van der Waals surface area (Å²) in [6.45, 7) is 3.34. The number of thiophene rings is 1. The Morgan fingerprint density at radius 1 is 1.17 bits per heavy atom. The van der Waals surface area contributed by atoms with Gasteiger partial charge in [0.25, 0.3) is 0 Å². The first kappa shape index (κ1) is 18.8. The van der Waals surface area contributed by atoms with E-state index in [1.165, 1.54) is 28.6 Å². The Hall–Kier alpha value is -2.16. The second kappa shape index (κ2) is 8.30. The molecule has 1 aliphatic heterocycles. The molecule has 0 radical (unpaired) electrons. The summed E-state index contributed by atoms with van der Waals surface area (Å²) in [5.74, 6) is 0.315. The van der Waals surface area contributed by atoms with Gasteiger partial charge in [0.2, 0.25) is 5.91 Å². The normalized spacial score (nSPS) is 16.2. The first-order chi connectivity index (χ1) is 14.3. The van der Waals surface area contributed by atoms with Crippen molar-refractivity contribution in [2.75, 3.05) is 42.3 Å². The number of amides is 1. The van der Waals surface area contributed by atoms with Gasteiger partial charge in [0.05, 0.1) is 19.0 Å². The SMILES string of the molecule is O=C(CSc1ncnc2sc3c(c12)CCC3)Nc1ccc(N2CCOCC2)cc1. The highest BCUT2D eigenvalue weighted by molar-refractivity contribution is 8.00. The molecule has 1 aromatic carbocycles. The third-order valence-corrected chi connectivity index (χ3v) is 7.52. The highest BCUT2D eigenvalue weighted by atomic mass is 32.2. The van der Waals surface area contributed by atoms with Gasteiger partial charge < -0.3 is 15.0 Å². The van der Waals surface area contributed by atoms with Crippen molar-refractivity contribution in [1.29, 1.82) is 0 Å². The van der Waals surface area contributed by atoms with Gasteiger partial charge in [0, 0.05) is 34.7 Å². The third-order valence-electron chi connectivity index (χ3n) is 5.33. The molecule has 0 saturated carbocycles. The van der Waals surface area contributed by atoms with Crippen LogP contribution in [0.2, 0.25) is 0 Å². The van der Waals surface area contributed by atoms with Crippen molar-refractivity contribution >= 4 is 50.6 Å². The standard InChI is InChI=1S/C21H22N4O2S2/c26-18(24-14-4-6-15(7-5-14)25-8-10-27-11-9-25)12-28-20-19-16-2-1-3-17(16)29-21(19)23-13-22-20/h4-7,13H,1-3,8-12H2,(H,24,26). The van der Waals surface area contributed by atoms with Crippen LogP contribution in [0.5, 0.6) is 0 Å². The molecule has 0 unspecified atom stereocenters. The van der Waals surface area contributed by atoms with Crippen LogP contribution in [0.1, 0.15) is 16.9 Å². The van der Waals surface area contributed by atoms with Crippen LogP contribution >= 0.6 is 23.1 Å². The summed E-state index contributed by atoms with van der Waals surface area (Å²) in [7, 11) is 0. The first-order valence-corrected chi connectivity index (χ1v) is 11.7. The summed E-state index contributed by atoms with van der Waals surface area (Å²) in [5, 5.41) is 5.08. The van der Waals surface area contributed by atoms with Crippen LogP contribution < -0.4 is 10.2 Å². The molecule has 5 rings (SSSR count). The van der Waals surface area contributed by atoms with Gasteiger partial charge in [0.1, 0.15) is 16.2 Å². The number of nitrogens with one attached hydrogen (secondary N) is 1. The smallest absolute Gasteiger partial charge is 0.234 e. The molecule has 0 bridgehead atoms. The molecular formula is C21H22N4O2S2. The molecule has 6 nitrogen and oxygen atoms in total. The molecule has 1 N–H and O–H groups in total. The molecule has 29 heavy (non-hydrogen) atoms. The van der Waals surface area contributed by atoms with E-state index in [4.69, 9.17) is 4.74 Å². The van der Waals surface area contributed by atoms with E-state index in [1.807, 2.05) is 12.1 Å². The minimum absolute atomic E-state index is 0.0206. The van der Waals surface area contributed by atoms with Gasteiger partial charge in [-0.2, -0.15) is 0 Å². The summed E-state index contributed by atoms with van der Waals surface area (Å²) < 4.78 is 5.40. The lowest BCUT2D eigenvalue weighted by molar-refractivity contribution is -0.113. The number of thioether (sulfide) groups is 1. The largest absolute Gasteiger partial charge is 0.378 e. The molecule has 1 aliphatic carbocycles. The number of hydrogen-bond donors (Lipinski definition) is 1. The molecule has 1 fully saturated rings. The fourth-order valence-corrected chi connectivity index (χ4v) is 6.04. The van der Waals surface area contributed by atoms with Crippen molar-refractivity contribution in [3.63, 3.8) is 0 Å². The number of hydrogen-bond acceptors (Lipinski definition) is 7. The van der Waals surface area contributed by atoms with Gasteiger partial charge >= 0.3 is 0 Å². The number of morpholine rings is 1. The lowest BCUT2D eigenvalue weighted by Gasteiger charge is -2.28. The van der Waals surface area contributed by atoms with Crippen molar-refractivity contribution in [2.45, 2.75) is 24.3 Å². The number of rotatable bonds is 5. The van der Waals surface area contributed by atoms with E-state index in [-0.39, 0.29) is 5.91 Å². The van der Waals surface area contributed by atoms with Crippen LogP contribution in [0.25, 0.3) is 10.2 Å². The average molecular weight is 427 g/mol. The van der Waals surface area contributed by atoms with Crippen LogP contribution in [-0.2, 0) is 22.4 Å². The predicted octanol–water partition coefficient (Wildman–Crippen LogP) is 3.75. The zero-order chi connectivity index (χ0) is 19.6. The van der Waals surface area contributed by atoms with Gasteiger partial charge in [-0.1, -0.05) is 11.8 Å². The highest BCUT2D eigenvalue weighted by Gasteiger charge is 2.21. The van der Waals surface area contributed by atoms with Gasteiger partial charge in [0.15, 0.2) is 0 Å². The zero-order valence-electron chi connectivity index (χ0n) is 16.0. The molecular weight excluding hydrogens is 404 g/mol. The number of aromatic nitrogens is 2. The maximum Gasteiger partial charge on any atom is 0.234 e. The summed E-state index contributed by atoms with van der Waals surface area (Å²) in [6.07, 6.45) is 5.05. The van der Waals surface area contributed by atoms with E-state index < -0.39 is 0 Å². The molecule has 1 saturated heterocycles. The van der Waals surface area contributed by atoms with Gasteiger partial charge in [-0.25, -0.2) is 9.97 Å². The summed E-state index contributed by atoms with van der Waals surface area (Å²) in [6, 6.07) is 8.03. The van der Waals surface area contributed by atoms with E-state index in [2.05, 4.69) is 32.3 Å². The molecule has 3 heterocycles. The fraction of sp³-hybridized carbons (Fsp3) is 0.381. The van der Waals surface area contributed by atoms with Crippen LogP contribution in [0.4, 0.5) is 11.4 Å². The predicted molar refractivity (Wildman–Crippen MR) is 118 cm³/mol. The monoisotopic (exact) mass is 426 g/mol. The maximum atomic E-state index is 12.5. The molecule has 150 valence electrons. The fourth-order valence-electron chi connectivity index (χ4n) is 3.92. The Balaban J connectivity index is 1.22. The van der Waals surface area contributed by atoms with Crippen molar-refractivity contribution < 1.29 is 9.53 Å². The van der Waals surface area contributed by atoms with Crippen LogP contribution in [-0.4, -0.2) is 47.9 Å². The lowest BCUT2D eigenvalue weighted by atomic mass is 10.2. The average Bonchev–Trinajstić information content (AvgIpc) is 3.35. The molecule has 8 heteroatoms. The van der Waals surface area contributed by atoms with E-state index in [0.29, 0.717) is 5.75 Å². The van der Waals surface area contributed by atoms with E-state index in [0.717, 1.165) is 65.8 Å².